The van der Waals surface area contributed by atoms with E-state index in [0.717, 1.165) is 0 Å². The van der Waals surface area contributed by atoms with Crippen LogP contribution in [-0.2, 0) is 5.16 Å². The quantitative estimate of drug-likeness (QED) is 0.236. The summed E-state index contributed by atoms with van der Waals surface area (Å²) in [5.74, 6) is 1.79. The number of imidazole rings is 1. The lowest BCUT2D eigenvalue weighted by atomic mass is 9.41. The minimum absolute atomic E-state index is 0.199. The lowest BCUT2D eigenvalue weighted by Gasteiger charge is -2.37. The predicted molar refractivity (Wildman–Crippen MR) is 174 cm³/mol. The molecule has 0 saturated heterocycles. The molecular weight excluding hydrogens is 518 g/mol. The molecule has 0 unspecified atom stereocenters. The third-order valence-electron chi connectivity index (χ3n) is 7.37. The van der Waals surface area contributed by atoms with Crippen LogP contribution in [0.3, 0.4) is 0 Å². The van der Waals surface area contributed by atoms with Gasteiger partial charge in [0.15, 0.2) is 0 Å². The fraction of sp³-hybridized carbons (Fsp3) is 0.0278. The number of benzene rings is 5. The van der Waals surface area contributed by atoms with Crippen LogP contribution in [0.2, 0.25) is 0 Å². The summed E-state index contributed by atoms with van der Waals surface area (Å²) in [6.45, 7) is 4.21. The summed E-state index contributed by atoms with van der Waals surface area (Å²) in [4.78, 5) is 4.32. The number of aromatic nitrogens is 2. The van der Waals surface area contributed by atoms with Crippen molar-refractivity contribution in [1.82, 2.24) is 9.55 Å². The molecule has 0 atom stereocenters. The van der Waals surface area contributed by atoms with Crippen molar-refractivity contribution in [1.29, 1.82) is 0 Å². The molecule has 1 aromatic heterocycles. The summed E-state index contributed by atoms with van der Waals surface area (Å²) < 4.78 is 15.6. The highest BCUT2D eigenvalue weighted by atomic mass is 28.2. The highest BCUT2D eigenvalue weighted by Crippen LogP contribution is 2.33. The average Bonchev–Trinajstić information content (AvgIpc) is 3.59. The van der Waals surface area contributed by atoms with E-state index in [4.69, 9.17) is 0 Å². The van der Waals surface area contributed by atoms with Crippen molar-refractivity contribution in [2.24, 2.45) is 0 Å². The van der Waals surface area contributed by atoms with Gasteiger partial charge in [-0.25, -0.2) is 9.37 Å². The third-order valence-corrected chi connectivity index (χ3v) is 9.95. The normalized spacial score (nSPS) is 11.0. The Morgan fingerprint density at radius 2 is 1.12 bits per heavy atom. The van der Waals surface area contributed by atoms with Gasteiger partial charge in [-0.15, -0.1) is 12.6 Å². The Bertz CT molecular complexity index is 1530. The highest BCUT2D eigenvalue weighted by Gasteiger charge is 2.36. The van der Waals surface area contributed by atoms with E-state index in [1.807, 2.05) is 61.1 Å². The van der Waals surface area contributed by atoms with Crippen LogP contribution in [0.25, 0.3) is 0 Å². The van der Waals surface area contributed by atoms with E-state index in [1.165, 1.54) is 27.2 Å². The van der Waals surface area contributed by atoms with Gasteiger partial charge in [-0.3, -0.25) is 0 Å². The number of halogens is 1. The van der Waals surface area contributed by atoms with Gasteiger partial charge < -0.3 is 4.57 Å². The second kappa shape index (κ2) is 13.6. The van der Waals surface area contributed by atoms with Gasteiger partial charge in [0, 0.05) is 12.4 Å². The van der Waals surface area contributed by atoms with E-state index in [2.05, 4.69) is 113 Å². The molecule has 0 bridgehead atoms. The molecule has 1 heterocycles. The van der Waals surface area contributed by atoms with Crippen LogP contribution in [-0.4, -0.2) is 25.8 Å². The summed E-state index contributed by atoms with van der Waals surface area (Å²) in [6, 6.07) is 48.9. The molecule has 0 aliphatic heterocycles. The zero-order valence-corrected chi connectivity index (χ0v) is 24.3. The minimum Gasteiger partial charge on any atom is -0.326 e. The van der Waals surface area contributed by atoms with Crippen LogP contribution in [0.5, 0.6) is 0 Å². The molecule has 0 fully saturated rings. The van der Waals surface area contributed by atoms with Gasteiger partial charge in [0.2, 0.25) is 6.71 Å². The molecule has 0 spiro atoms. The summed E-state index contributed by atoms with van der Waals surface area (Å²) in [7, 11) is -0.929. The molecule has 0 radical (unpaired) electrons. The van der Waals surface area contributed by atoms with Crippen LogP contribution in [0.1, 0.15) is 11.1 Å². The van der Waals surface area contributed by atoms with Crippen LogP contribution in [0, 0.1) is 5.82 Å². The Morgan fingerprint density at radius 3 is 1.54 bits per heavy atom. The molecule has 0 aliphatic rings. The van der Waals surface area contributed by atoms with Gasteiger partial charge in [0.1, 0.15) is 5.82 Å². The predicted octanol–water partition coefficient (Wildman–Crippen LogP) is 5.29. The lowest BCUT2D eigenvalue weighted by Crippen LogP contribution is -2.46. The van der Waals surface area contributed by atoms with E-state index in [9.17, 15) is 4.39 Å². The fourth-order valence-electron chi connectivity index (χ4n) is 5.36. The summed E-state index contributed by atoms with van der Waals surface area (Å²) in [6.07, 6.45) is 5.73. The molecule has 41 heavy (non-hydrogen) atoms. The minimum atomic E-state index is -0.929. The fourth-order valence-corrected chi connectivity index (χ4v) is 7.67. The molecule has 5 heteroatoms. The Hall–Kier alpha value is -4.74. The molecular formula is C36H32BFN2Si. The second-order valence-electron chi connectivity index (χ2n) is 9.90. The van der Waals surface area contributed by atoms with Crippen LogP contribution in [0.4, 0.5) is 4.39 Å². The van der Waals surface area contributed by atoms with Gasteiger partial charge in [0.25, 0.3) is 0 Å². The van der Waals surface area contributed by atoms with Crippen molar-refractivity contribution in [2.75, 3.05) is 0 Å². The number of nitrogens with zero attached hydrogens (tertiary/aromatic N) is 2. The van der Waals surface area contributed by atoms with E-state index in [-0.39, 0.29) is 11.0 Å². The monoisotopic (exact) mass is 550 g/mol. The SMILES string of the molecule is C=CB(c1ccccc1)c1ccccc1.Fc1ccc([SiH2]C(c2ccccc2)(c2ccccc2)n2ccnc2)cc1. The molecule has 5 aromatic carbocycles. The topological polar surface area (TPSA) is 17.8 Å². The van der Waals surface area contributed by atoms with Crippen molar-refractivity contribution >= 4 is 32.3 Å². The third kappa shape index (κ3) is 6.54. The average molecular weight is 551 g/mol. The molecule has 6 aromatic rings. The zero-order chi connectivity index (χ0) is 28.3. The molecule has 2 nitrogen and oxygen atoms in total. The van der Waals surface area contributed by atoms with Gasteiger partial charge in [-0.2, -0.15) is 0 Å². The molecule has 0 N–H and O–H groups in total. The molecule has 0 amide bonds. The molecule has 0 saturated carbocycles. The number of rotatable bonds is 8. The smallest absolute Gasteiger partial charge is 0.233 e. The van der Waals surface area contributed by atoms with Crippen molar-refractivity contribution in [2.45, 2.75) is 5.16 Å². The molecule has 6 rings (SSSR count). The highest BCUT2D eigenvalue weighted by molar-refractivity contribution is 6.89. The summed E-state index contributed by atoms with van der Waals surface area (Å²) >= 11 is 0. The van der Waals surface area contributed by atoms with Crippen LogP contribution < -0.4 is 16.1 Å². The molecule has 200 valence electrons. The summed E-state index contributed by atoms with van der Waals surface area (Å²) in [5.41, 5.74) is 5.03. The van der Waals surface area contributed by atoms with Crippen molar-refractivity contribution in [3.05, 3.63) is 194 Å². The number of hydrogen-bond acceptors (Lipinski definition) is 1. The van der Waals surface area contributed by atoms with Gasteiger partial charge in [-0.05, 0) is 23.3 Å². The first-order chi connectivity index (χ1) is 20.2. The van der Waals surface area contributed by atoms with Gasteiger partial charge in [-0.1, -0.05) is 150 Å². The van der Waals surface area contributed by atoms with Crippen molar-refractivity contribution in [3.63, 3.8) is 0 Å². The standard InChI is InChI=1S/C22H19FN2Si.C14H13B/c23-20-11-13-21(14-12-20)26-22(25-16-15-24-17-25,18-7-3-1-4-8-18)19-9-5-2-6-10-19;1-2-15(13-9-5-3-6-10-13)14-11-7-4-8-12-14/h1-17H,26H2;2-12H,1H2. The first-order valence-corrected chi connectivity index (χ1v) is 15.2. The maximum atomic E-state index is 13.4. The van der Waals surface area contributed by atoms with E-state index >= 15 is 0 Å². The Morgan fingerprint density at radius 1 is 0.659 bits per heavy atom. The lowest BCUT2D eigenvalue weighted by molar-refractivity contribution is 0.596. The first-order valence-electron chi connectivity index (χ1n) is 13.8. The van der Waals surface area contributed by atoms with Crippen molar-refractivity contribution < 1.29 is 4.39 Å². The maximum Gasteiger partial charge on any atom is 0.233 e. The van der Waals surface area contributed by atoms with E-state index in [0.29, 0.717) is 6.71 Å². The zero-order valence-electron chi connectivity index (χ0n) is 22.9. The van der Waals surface area contributed by atoms with E-state index in [1.54, 1.807) is 12.1 Å². The van der Waals surface area contributed by atoms with Crippen molar-refractivity contribution in [3.8, 4) is 0 Å². The van der Waals surface area contributed by atoms with Gasteiger partial charge in [0.05, 0.1) is 21.0 Å². The molecule has 0 aliphatic carbocycles. The Balaban J connectivity index is 0.000000191. The second-order valence-corrected chi connectivity index (χ2v) is 12.1. The van der Waals surface area contributed by atoms with Crippen LogP contribution in [0.15, 0.2) is 177 Å². The Labute approximate surface area is 244 Å². The van der Waals surface area contributed by atoms with E-state index < -0.39 is 9.52 Å². The largest absolute Gasteiger partial charge is 0.326 e. The summed E-state index contributed by atoms with van der Waals surface area (Å²) in [5, 5.41) is 0.879. The maximum absolute atomic E-state index is 13.4. The first kappa shape index (κ1) is 27.8. The van der Waals surface area contributed by atoms with Crippen LogP contribution >= 0.6 is 0 Å². The Kier molecular flexibility index (Phi) is 9.20. The van der Waals surface area contributed by atoms with Gasteiger partial charge >= 0.3 is 0 Å². The number of hydrogen-bond donors (Lipinski definition) is 0.